The standard InChI is InChI=1S/C15H19N5O3/c1-15(2,3)10-6-9(23-17-10)7-20-13(21)11-12(16-8-18(11)4)19(5)14(20)22/h6,8H,7H2,1-5H3. The Balaban J connectivity index is 2.14. The van der Waals surface area contributed by atoms with Crippen LogP contribution < -0.4 is 11.2 Å². The third kappa shape index (κ3) is 2.39. The van der Waals surface area contributed by atoms with E-state index in [4.69, 9.17) is 4.52 Å². The Morgan fingerprint density at radius 2 is 1.91 bits per heavy atom. The molecule has 3 rings (SSSR count). The number of aryl methyl sites for hydroxylation is 2. The van der Waals surface area contributed by atoms with Crippen LogP contribution in [0.4, 0.5) is 0 Å². The SMILES string of the molecule is Cn1cnc2c1c(=O)n(Cc1cc(C(C)(C)C)no1)c(=O)n2C. The fourth-order valence-electron chi connectivity index (χ4n) is 2.43. The molecule has 0 N–H and O–H groups in total. The quantitative estimate of drug-likeness (QED) is 0.696. The maximum absolute atomic E-state index is 12.6. The highest BCUT2D eigenvalue weighted by Crippen LogP contribution is 2.21. The van der Waals surface area contributed by atoms with Crippen molar-refractivity contribution in [1.82, 2.24) is 23.8 Å². The summed E-state index contributed by atoms with van der Waals surface area (Å²) in [5.74, 6) is 0.468. The summed E-state index contributed by atoms with van der Waals surface area (Å²) in [5.41, 5.74) is 0.531. The molecule has 0 amide bonds. The van der Waals surface area contributed by atoms with Gasteiger partial charge in [0.05, 0.1) is 18.6 Å². The molecule has 0 atom stereocenters. The summed E-state index contributed by atoms with van der Waals surface area (Å²) < 4.78 is 9.39. The Labute approximate surface area is 132 Å². The van der Waals surface area contributed by atoms with E-state index in [0.717, 1.165) is 10.3 Å². The molecule has 0 saturated carbocycles. The van der Waals surface area contributed by atoms with Crippen molar-refractivity contribution >= 4 is 11.2 Å². The van der Waals surface area contributed by atoms with E-state index in [1.165, 1.54) is 10.9 Å². The second-order valence-electron chi connectivity index (χ2n) is 6.69. The number of nitrogens with zero attached hydrogens (tertiary/aromatic N) is 5. The Bertz CT molecular complexity index is 997. The summed E-state index contributed by atoms with van der Waals surface area (Å²) in [4.78, 5) is 29.2. The van der Waals surface area contributed by atoms with Crippen LogP contribution in [0.3, 0.4) is 0 Å². The van der Waals surface area contributed by atoms with Gasteiger partial charge in [-0.25, -0.2) is 9.78 Å². The van der Waals surface area contributed by atoms with Crippen LogP contribution in [0.15, 0.2) is 26.5 Å². The molecule has 0 bridgehead atoms. The number of hydrogen-bond acceptors (Lipinski definition) is 5. The van der Waals surface area contributed by atoms with E-state index in [-0.39, 0.29) is 12.0 Å². The first-order chi connectivity index (χ1) is 10.7. The maximum Gasteiger partial charge on any atom is 0.332 e. The van der Waals surface area contributed by atoms with E-state index < -0.39 is 11.2 Å². The van der Waals surface area contributed by atoms with E-state index in [1.54, 1.807) is 24.7 Å². The zero-order chi connectivity index (χ0) is 16.9. The van der Waals surface area contributed by atoms with Gasteiger partial charge in [0, 0.05) is 25.6 Å². The van der Waals surface area contributed by atoms with Gasteiger partial charge >= 0.3 is 5.69 Å². The predicted molar refractivity (Wildman–Crippen MR) is 84.5 cm³/mol. The van der Waals surface area contributed by atoms with Gasteiger partial charge in [-0.1, -0.05) is 25.9 Å². The van der Waals surface area contributed by atoms with Crippen molar-refractivity contribution in [3.05, 3.63) is 44.7 Å². The van der Waals surface area contributed by atoms with Gasteiger partial charge in [-0.3, -0.25) is 13.9 Å². The Kier molecular flexibility index (Phi) is 3.28. The molecular formula is C15H19N5O3. The van der Waals surface area contributed by atoms with Gasteiger partial charge in [-0.2, -0.15) is 0 Å². The molecule has 0 spiro atoms. The average Bonchev–Trinajstić information content (AvgIpc) is 3.07. The molecule has 3 aromatic rings. The Hall–Kier alpha value is -2.64. The van der Waals surface area contributed by atoms with Crippen LogP contribution in [-0.4, -0.2) is 23.8 Å². The number of fused-ring (bicyclic) bond motifs is 1. The first-order valence-corrected chi connectivity index (χ1v) is 7.27. The average molecular weight is 317 g/mol. The summed E-state index contributed by atoms with van der Waals surface area (Å²) in [7, 11) is 3.31. The van der Waals surface area contributed by atoms with Crippen molar-refractivity contribution in [3.63, 3.8) is 0 Å². The van der Waals surface area contributed by atoms with Gasteiger partial charge in [0.2, 0.25) is 0 Å². The van der Waals surface area contributed by atoms with E-state index in [9.17, 15) is 9.59 Å². The minimum absolute atomic E-state index is 0.0374. The third-order valence-corrected chi connectivity index (χ3v) is 3.84. The molecule has 8 heteroatoms. The molecule has 0 aliphatic carbocycles. The second-order valence-corrected chi connectivity index (χ2v) is 6.69. The fraction of sp³-hybridized carbons (Fsp3) is 0.467. The molecule has 0 aliphatic heterocycles. The van der Waals surface area contributed by atoms with Crippen molar-refractivity contribution in [2.75, 3.05) is 0 Å². The molecule has 0 saturated heterocycles. The van der Waals surface area contributed by atoms with Crippen LogP contribution in [-0.2, 0) is 26.1 Å². The molecule has 0 radical (unpaired) electrons. The molecule has 0 fully saturated rings. The maximum atomic E-state index is 12.6. The minimum Gasteiger partial charge on any atom is -0.359 e. The monoisotopic (exact) mass is 317 g/mol. The van der Waals surface area contributed by atoms with Crippen LogP contribution >= 0.6 is 0 Å². The molecule has 0 aromatic carbocycles. The zero-order valence-electron chi connectivity index (χ0n) is 13.8. The number of rotatable bonds is 2. The summed E-state index contributed by atoms with van der Waals surface area (Å²) in [5, 5.41) is 4.02. The molecule has 0 unspecified atom stereocenters. The fourth-order valence-corrected chi connectivity index (χ4v) is 2.43. The highest BCUT2D eigenvalue weighted by Gasteiger charge is 2.21. The number of hydrogen-bond donors (Lipinski definition) is 0. The smallest absolute Gasteiger partial charge is 0.332 e. The van der Waals surface area contributed by atoms with Crippen LogP contribution in [0.5, 0.6) is 0 Å². The molecule has 3 heterocycles. The van der Waals surface area contributed by atoms with Crippen molar-refractivity contribution < 1.29 is 4.52 Å². The number of imidazole rings is 1. The normalized spacial score (nSPS) is 12.2. The van der Waals surface area contributed by atoms with Gasteiger partial charge < -0.3 is 9.09 Å². The summed E-state index contributed by atoms with van der Waals surface area (Å²) >= 11 is 0. The van der Waals surface area contributed by atoms with Crippen molar-refractivity contribution in [1.29, 1.82) is 0 Å². The van der Waals surface area contributed by atoms with Crippen molar-refractivity contribution in [3.8, 4) is 0 Å². The lowest BCUT2D eigenvalue weighted by Crippen LogP contribution is -2.39. The largest absolute Gasteiger partial charge is 0.359 e. The predicted octanol–water partition coefficient (Wildman–Crippen LogP) is 0.767. The lowest BCUT2D eigenvalue weighted by atomic mass is 9.92. The van der Waals surface area contributed by atoms with Gasteiger partial charge in [0.25, 0.3) is 5.56 Å². The lowest BCUT2D eigenvalue weighted by Gasteiger charge is -2.12. The van der Waals surface area contributed by atoms with Crippen molar-refractivity contribution in [2.24, 2.45) is 14.1 Å². The summed E-state index contributed by atoms with van der Waals surface area (Å²) in [6.07, 6.45) is 1.52. The van der Waals surface area contributed by atoms with Crippen LogP contribution in [0.2, 0.25) is 0 Å². The van der Waals surface area contributed by atoms with Gasteiger partial charge in [0.1, 0.15) is 0 Å². The molecule has 8 nitrogen and oxygen atoms in total. The molecule has 23 heavy (non-hydrogen) atoms. The van der Waals surface area contributed by atoms with E-state index in [1.807, 2.05) is 20.8 Å². The van der Waals surface area contributed by atoms with Crippen LogP contribution in [0.1, 0.15) is 32.2 Å². The highest BCUT2D eigenvalue weighted by atomic mass is 16.5. The third-order valence-electron chi connectivity index (χ3n) is 3.84. The van der Waals surface area contributed by atoms with Gasteiger partial charge in [0.15, 0.2) is 16.9 Å². The van der Waals surface area contributed by atoms with E-state index in [2.05, 4.69) is 10.1 Å². The molecular weight excluding hydrogens is 298 g/mol. The van der Waals surface area contributed by atoms with Gasteiger partial charge in [-0.05, 0) is 0 Å². The van der Waals surface area contributed by atoms with Crippen LogP contribution in [0.25, 0.3) is 11.2 Å². The summed E-state index contributed by atoms with van der Waals surface area (Å²) in [6.45, 7) is 6.08. The first-order valence-electron chi connectivity index (χ1n) is 7.27. The van der Waals surface area contributed by atoms with Crippen LogP contribution in [0, 0.1) is 0 Å². The van der Waals surface area contributed by atoms with E-state index >= 15 is 0 Å². The zero-order valence-corrected chi connectivity index (χ0v) is 13.8. The minimum atomic E-state index is -0.435. The lowest BCUT2D eigenvalue weighted by molar-refractivity contribution is 0.356. The molecule has 122 valence electrons. The topological polar surface area (TPSA) is 87.8 Å². The van der Waals surface area contributed by atoms with Crippen molar-refractivity contribution in [2.45, 2.75) is 32.7 Å². The summed E-state index contributed by atoms with van der Waals surface area (Å²) in [6, 6.07) is 1.78. The van der Waals surface area contributed by atoms with E-state index in [0.29, 0.717) is 16.9 Å². The molecule has 0 aliphatic rings. The number of aromatic nitrogens is 5. The highest BCUT2D eigenvalue weighted by molar-refractivity contribution is 5.69. The second kappa shape index (κ2) is 4.94. The Morgan fingerprint density at radius 3 is 2.52 bits per heavy atom. The van der Waals surface area contributed by atoms with Gasteiger partial charge in [-0.15, -0.1) is 0 Å². The Morgan fingerprint density at radius 1 is 1.22 bits per heavy atom. The first kappa shape index (κ1) is 15.3. The molecule has 3 aromatic heterocycles.